The molecule has 1 heterocycles. The van der Waals surface area contributed by atoms with E-state index in [1.54, 1.807) is 6.07 Å². The maximum Gasteiger partial charge on any atom is 0.372 e. The molecule has 0 aliphatic carbocycles. The highest BCUT2D eigenvalue weighted by Gasteiger charge is 2.45. The van der Waals surface area contributed by atoms with Crippen LogP contribution in [0.1, 0.15) is 57.7 Å². The van der Waals surface area contributed by atoms with E-state index < -0.39 is 14.3 Å². The van der Waals surface area contributed by atoms with Crippen molar-refractivity contribution in [2.75, 3.05) is 0 Å². The molecule has 0 spiro atoms. The predicted octanol–water partition coefficient (Wildman–Crippen LogP) is 4.67. The van der Waals surface area contributed by atoms with E-state index in [1.165, 1.54) is 6.26 Å². The van der Waals surface area contributed by atoms with Gasteiger partial charge >= 0.3 is 5.97 Å². The molecule has 20 heavy (non-hydrogen) atoms. The van der Waals surface area contributed by atoms with Gasteiger partial charge in [0.1, 0.15) is 0 Å². The molecule has 0 bridgehead atoms. The van der Waals surface area contributed by atoms with Gasteiger partial charge in [-0.05, 0) is 22.7 Å². The van der Waals surface area contributed by atoms with Crippen molar-refractivity contribution in [2.24, 2.45) is 0 Å². The third-order valence-corrected chi connectivity index (χ3v) is 10.2. The summed E-state index contributed by atoms with van der Waals surface area (Å²) in [6.07, 6.45) is 1.41. The van der Waals surface area contributed by atoms with Gasteiger partial charge in [0, 0.05) is 5.56 Å². The topological polar surface area (TPSA) is 59.7 Å². The number of hydrogen-bond acceptors (Lipinski definition) is 3. The van der Waals surface area contributed by atoms with Crippen LogP contribution in [0.3, 0.4) is 0 Å². The summed E-state index contributed by atoms with van der Waals surface area (Å²) < 4.78 is 11.4. The monoisotopic (exact) mass is 298 g/mol. The Bertz CT molecular complexity index is 427. The highest BCUT2D eigenvalue weighted by molar-refractivity contribution is 6.77. The Morgan fingerprint density at radius 3 is 2.10 bits per heavy atom. The van der Waals surface area contributed by atoms with Crippen LogP contribution in [0.4, 0.5) is 0 Å². The summed E-state index contributed by atoms with van der Waals surface area (Å²) >= 11 is 0. The summed E-state index contributed by atoms with van der Waals surface area (Å²) in [7, 11) is -1.98. The number of aromatic carboxylic acids is 1. The molecule has 0 fully saturated rings. The number of carboxylic acid groups (broad SMARTS) is 1. The van der Waals surface area contributed by atoms with Crippen LogP contribution < -0.4 is 0 Å². The van der Waals surface area contributed by atoms with Crippen molar-refractivity contribution in [3.05, 3.63) is 23.7 Å². The third-order valence-electron chi connectivity index (χ3n) is 4.13. The minimum absolute atomic E-state index is 0.0100. The first kappa shape index (κ1) is 17.0. The Labute approximate surface area is 122 Å². The molecule has 1 rings (SSSR count). The predicted molar refractivity (Wildman–Crippen MR) is 81.5 cm³/mol. The van der Waals surface area contributed by atoms with Gasteiger partial charge in [-0.2, -0.15) is 0 Å². The summed E-state index contributed by atoms with van der Waals surface area (Å²) in [5.41, 5.74) is 2.05. The molecule has 0 aromatic carbocycles. The fourth-order valence-electron chi connectivity index (χ4n) is 3.34. The summed E-state index contributed by atoms with van der Waals surface area (Å²) in [5, 5.41) is 9.07. The van der Waals surface area contributed by atoms with Crippen LogP contribution in [0.5, 0.6) is 0 Å². The zero-order chi connectivity index (χ0) is 15.5. The van der Waals surface area contributed by atoms with Crippen molar-refractivity contribution < 1.29 is 18.7 Å². The van der Waals surface area contributed by atoms with E-state index in [0.29, 0.717) is 28.8 Å². The number of carboxylic acids is 1. The average molecular weight is 298 g/mol. The van der Waals surface area contributed by atoms with Gasteiger partial charge < -0.3 is 13.9 Å². The van der Waals surface area contributed by atoms with E-state index in [2.05, 4.69) is 41.5 Å². The number of furan rings is 1. The smallest absolute Gasteiger partial charge is 0.372 e. The van der Waals surface area contributed by atoms with Crippen molar-refractivity contribution in [1.29, 1.82) is 0 Å². The molecule has 0 atom stereocenters. The lowest BCUT2D eigenvalue weighted by molar-refractivity contribution is 0.0658. The normalized spacial score (nSPS) is 12.7. The van der Waals surface area contributed by atoms with Crippen LogP contribution in [-0.2, 0) is 11.0 Å². The number of hydrogen-bond donors (Lipinski definition) is 1. The Morgan fingerprint density at radius 1 is 1.20 bits per heavy atom. The molecule has 114 valence electrons. The molecule has 0 aliphatic rings. The van der Waals surface area contributed by atoms with E-state index in [4.69, 9.17) is 13.9 Å². The first-order chi connectivity index (χ1) is 9.23. The van der Waals surface area contributed by atoms with E-state index in [0.717, 1.165) is 0 Å². The third kappa shape index (κ3) is 3.15. The van der Waals surface area contributed by atoms with Crippen LogP contribution in [0.2, 0.25) is 16.6 Å². The zero-order valence-electron chi connectivity index (χ0n) is 13.3. The second-order valence-corrected chi connectivity index (χ2v) is 11.6. The van der Waals surface area contributed by atoms with Gasteiger partial charge in [-0.3, -0.25) is 0 Å². The fraction of sp³-hybridized carbons (Fsp3) is 0.667. The molecular weight excluding hydrogens is 272 g/mol. The second-order valence-electron chi connectivity index (χ2n) is 6.19. The van der Waals surface area contributed by atoms with E-state index in [9.17, 15) is 4.79 Å². The molecule has 1 aromatic heterocycles. The van der Waals surface area contributed by atoms with Crippen molar-refractivity contribution in [3.8, 4) is 0 Å². The molecule has 4 nitrogen and oxygen atoms in total. The average Bonchev–Trinajstić information content (AvgIpc) is 2.76. The van der Waals surface area contributed by atoms with Gasteiger partial charge in [-0.15, -0.1) is 0 Å². The summed E-state index contributed by atoms with van der Waals surface area (Å²) in [6, 6.07) is 1.68. The molecule has 0 saturated heterocycles. The first-order valence-electron chi connectivity index (χ1n) is 7.17. The minimum atomic E-state index is -1.98. The summed E-state index contributed by atoms with van der Waals surface area (Å²) in [6.45, 7) is 13.6. The lowest BCUT2D eigenvalue weighted by atomic mass is 10.3. The van der Waals surface area contributed by atoms with Gasteiger partial charge in [0.25, 0.3) is 0 Å². The SMILES string of the molecule is CC(C)[Si](OCc1ccoc1C(=O)O)(C(C)C)C(C)C. The molecule has 0 aliphatic heterocycles. The molecule has 1 aromatic rings. The van der Waals surface area contributed by atoms with Gasteiger partial charge in [0.15, 0.2) is 0 Å². The minimum Gasteiger partial charge on any atom is -0.475 e. The van der Waals surface area contributed by atoms with Crippen LogP contribution in [0.25, 0.3) is 0 Å². The highest BCUT2D eigenvalue weighted by Crippen LogP contribution is 2.42. The van der Waals surface area contributed by atoms with Crippen molar-refractivity contribution in [2.45, 2.75) is 64.8 Å². The van der Waals surface area contributed by atoms with Crippen LogP contribution in [0.15, 0.2) is 16.7 Å². The summed E-state index contributed by atoms with van der Waals surface area (Å²) in [5.74, 6) is -1.05. The van der Waals surface area contributed by atoms with Gasteiger partial charge in [-0.1, -0.05) is 41.5 Å². The van der Waals surface area contributed by atoms with Crippen molar-refractivity contribution in [1.82, 2.24) is 0 Å². The Balaban J connectivity index is 2.97. The zero-order valence-corrected chi connectivity index (χ0v) is 14.3. The van der Waals surface area contributed by atoms with E-state index in [-0.39, 0.29) is 5.76 Å². The van der Waals surface area contributed by atoms with E-state index in [1.807, 2.05) is 0 Å². The maximum atomic E-state index is 11.1. The van der Waals surface area contributed by atoms with Gasteiger partial charge in [0.05, 0.1) is 12.9 Å². The molecule has 0 radical (unpaired) electrons. The van der Waals surface area contributed by atoms with Gasteiger partial charge in [-0.25, -0.2) is 4.79 Å². The molecule has 0 saturated carbocycles. The van der Waals surface area contributed by atoms with Crippen LogP contribution in [-0.4, -0.2) is 19.4 Å². The molecule has 0 amide bonds. The molecule has 1 N–H and O–H groups in total. The quantitative estimate of drug-likeness (QED) is 0.743. The van der Waals surface area contributed by atoms with Gasteiger partial charge in [0.2, 0.25) is 14.1 Å². The first-order valence-corrected chi connectivity index (χ1v) is 9.31. The van der Waals surface area contributed by atoms with Crippen LogP contribution in [0, 0.1) is 0 Å². The largest absolute Gasteiger partial charge is 0.475 e. The van der Waals surface area contributed by atoms with Crippen molar-refractivity contribution >= 4 is 14.3 Å². The summed E-state index contributed by atoms with van der Waals surface area (Å²) in [4.78, 5) is 11.1. The number of rotatable bonds is 7. The highest BCUT2D eigenvalue weighted by atomic mass is 28.4. The Kier molecular flexibility index (Phi) is 5.59. The Morgan fingerprint density at radius 2 is 1.70 bits per heavy atom. The molecular formula is C15H26O4Si. The number of carbonyl (C=O) groups is 1. The van der Waals surface area contributed by atoms with Crippen molar-refractivity contribution in [3.63, 3.8) is 0 Å². The molecule has 5 heteroatoms. The van der Waals surface area contributed by atoms with E-state index >= 15 is 0 Å². The second kappa shape index (κ2) is 6.59. The Hall–Kier alpha value is -1.07. The fourth-order valence-corrected chi connectivity index (χ4v) is 8.75. The lowest BCUT2D eigenvalue weighted by Crippen LogP contribution is -2.47. The van der Waals surface area contributed by atoms with Crippen LogP contribution >= 0.6 is 0 Å². The standard InChI is InChI=1S/C15H26O4Si/c1-10(2)20(11(3)4,12(5)6)19-9-13-7-8-18-14(13)15(16)17/h7-8,10-12H,9H2,1-6H3,(H,16,17). The lowest BCUT2D eigenvalue weighted by Gasteiger charge is -2.42. The maximum absolute atomic E-state index is 11.1. The molecule has 0 unspecified atom stereocenters.